The van der Waals surface area contributed by atoms with Crippen molar-refractivity contribution in [1.82, 2.24) is 0 Å². The highest BCUT2D eigenvalue weighted by atomic mass is 16.5. The van der Waals surface area contributed by atoms with Crippen LogP contribution in [0.15, 0.2) is 12.2 Å². The third-order valence-electron chi connectivity index (χ3n) is 1.77. The van der Waals surface area contributed by atoms with Gasteiger partial charge in [-0.05, 0) is 0 Å². The molecule has 1 aliphatic rings. The summed E-state index contributed by atoms with van der Waals surface area (Å²) in [5.41, 5.74) is 0. The maximum absolute atomic E-state index is 10.7. The van der Waals surface area contributed by atoms with Gasteiger partial charge in [0.05, 0.1) is 6.42 Å². The van der Waals surface area contributed by atoms with Gasteiger partial charge < -0.3 is 9.84 Å². The molecule has 1 N–H and O–H groups in total. The Morgan fingerprint density at radius 3 is 3.00 bits per heavy atom. The van der Waals surface area contributed by atoms with E-state index in [0.717, 1.165) is 0 Å². The topological polar surface area (TPSA) is 63.6 Å². The van der Waals surface area contributed by atoms with E-state index in [1.54, 1.807) is 6.08 Å². The van der Waals surface area contributed by atoms with Crippen LogP contribution in [0.1, 0.15) is 13.3 Å². The second-order valence-electron chi connectivity index (χ2n) is 2.79. The van der Waals surface area contributed by atoms with Crippen LogP contribution in [0.25, 0.3) is 0 Å². The quantitative estimate of drug-likeness (QED) is 0.615. The van der Waals surface area contributed by atoms with E-state index in [9.17, 15) is 9.59 Å². The van der Waals surface area contributed by atoms with Crippen LogP contribution in [-0.4, -0.2) is 23.1 Å². The van der Waals surface area contributed by atoms with Crippen molar-refractivity contribution in [1.29, 1.82) is 0 Å². The third-order valence-corrected chi connectivity index (χ3v) is 1.77. The fourth-order valence-electron chi connectivity index (χ4n) is 1.05. The van der Waals surface area contributed by atoms with Crippen molar-refractivity contribution in [2.45, 2.75) is 19.4 Å². The van der Waals surface area contributed by atoms with Crippen molar-refractivity contribution in [3.05, 3.63) is 12.2 Å². The highest BCUT2D eigenvalue weighted by molar-refractivity contribution is 5.83. The lowest BCUT2D eigenvalue weighted by molar-refractivity contribution is -0.151. The zero-order chi connectivity index (χ0) is 9.14. The number of rotatable bonds is 2. The molecule has 66 valence electrons. The Morgan fingerprint density at radius 2 is 2.42 bits per heavy atom. The van der Waals surface area contributed by atoms with Gasteiger partial charge in [-0.3, -0.25) is 4.79 Å². The summed E-state index contributed by atoms with van der Waals surface area (Å²) in [6.45, 7) is 1.82. The number of hydrogen-bond acceptors (Lipinski definition) is 3. The van der Waals surface area contributed by atoms with Gasteiger partial charge in [-0.25, -0.2) is 4.79 Å². The van der Waals surface area contributed by atoms with Crippen LogP contribution in [0, 0.1) is 5.92 Å². The number of ether oxygens (including phenoxy) is 1. The molecule has 1 heterocycles. The van der Waals surface area contributed by atoms with Gasteiger partial charge in [0.25, 0.3) is 0 Å². The molecule has 1 rings (SSSR count). The Labute approximate surface area is 69.8 Å². The summed E-state index contributed by atoms with van der Waals surface area (Å²) in [6, 6.07) is 0. The van der Waals surface area contributed by atoms with Crippen LogP contribution in [0.5, 0.6) is 0 Å². The molecule has 0 fully saturated rings. The SMILES string of the molecule is C[C@@H]1C=CC(=O)O[C@@H]1CC(=O)O. The minimum atomic E-state index is -0.949. The molecule has 0 bridgehead atoms. The number of aliphatic carboxylic acids is 1. The number of cyclic esters (lactones) is 1. The molecule has 0 spiro atoms. The standard InChI is InChI=1S/C8H10O4/c1-5-2-3-8(11)12-6(5)4-7(9)10/h2-3,5-6H,4H2,1H3,(H,9,10)/t5-,6-/m1/s1. The number of carboxylic acid groups (broad SMARTS) is 1. The molecule has 0 unspecified atom stereocenters. The second kappa shape index (κ2) is 3.38. The normalized spacial score (nSPS) is 28.2. The molecule has 0 aliphatic carbocycles. The van der Waals surface area contributed by atoms with Crippen molar-refractivity contribution in [3.8, 4) is 0 Å². The van der Waals surface area contributed by atoms with Crippen LogP contribution < -0.4 is 0 Å². The molecule has 0 radical (unpaired) electrons. The zero-order valence-corrected chi connectivity index (χ0v) is 6.69. The van der Waals surface area contributed by atoms with E-state index in [4.69, 9.17) is 9.84 Å². The average Bonchev–Trinajstić information content (AvgIpc) is 1.96. The fourth-order valence-corrected chi connectivity index (χ4v) is 1.05. The van der Waals surface area contributed by atoms with Crippen LogP contribution in [0.4, 0.5) is 0 Å². The van der Waals surface area contributed by atoms with Gasteiger partial charge in [0, 0.05) is 12.0 Å². The van der Waals surface area contributed by atoms with Crippen LogP contribution in [0.2, 0.25) is 0 Å². The summed E-state index contributed by atoms with van der Waals surface area (Å²) in [4.78, 5) is 21.0. The minimum absolute atomic E-state index is 0.0150. The summed E-state index contributed by atoms with van der Waals surface area (Å²) >= 11 is 0. The first-order valence-electron chi connectivity index (χ1n) is 3.70. The molecular weight excluding hydrogens is 160 g/mol. The molecule has 12 heavy (non-hydrogen) atoms. The lowest BCUT2D eigenvalue weighted by Gasteiger charge is -2.22. The number of carbonyl (C=O) groups is 2. The summed E-state index contributed by atoms with van der Waals surface area (Å²) in [5, 5.41) is 8.45. The smallest absolute Gasteiger partial charge is 0.330 e. The van der Waals surface area contributed by atoms with E-state index < -0.39 is 18.0 Å². The minimum Gasteiger partial charge on any atom is -0.481 e. The molecule has 4 nitrogen and oxygen atoms in total. The Morgan fingerprint density at radius 1 is 1.75 bits per heavy atom. The Bertz CT molecular complexity index is 231. The first kappa shape index (κ1) is 8.77. The van der Waals surface area contributed by atoms with E-state index in [0.29, 0.717) is 0 Å². The monoisotopic (exact) mass is 170 g/mol. The van der Waals surface area contributed by atoms with E-state index in [-0.39, 0.29) is 12.3 Å². The van der Waals surface area contributed by atoms with Gasteiger partial charge in [0.15, 0.2) is 0 Å². The maximum atomic E-state index is 10.7. The van der Waals surface area contributed by atoms with Crippen molar-refractivity contribution >= 4 is 11.9 Å². The van der Waals surface area contributed by atoms with Gasteiger partial charge in [-0.15, -0.1) is 0 Å². The summed E-state index contributed by atoms with van der Waals surface area (Å²) in [5.74, 6) is -1.42. The van der Waals surface area contributed by atoms with E-state index in [1.807, 2.05) is 6.92 Å². The first-order chi connectivity index (χ1) is 5.59. The molecular formula is C8H10O4. The second-order valence-corrected chi connectivity index (χ2v) is 2.79. The average molecular weight is 170 g/mol. The number of carbonyl (C=O) groups excluding carboxylic acids is 1. The van der Waals surface area contributed by atoms with E-state index >= 15 is 0 Å². The molecule has 0 saturated heterocycles. The lowest BCUT2D eigenvalue weighted by atomic mass is 9.99. The zero-order valence-electron chi connectivity index (χ0n) is 6.69. The first-order valence-corrected chi connectivity index (χ1v) is 3.70. The van der Waals surface area contributed by atoms with Crippen molar-refractivity contribution in [2.24, 2.45) is 5.92 Å². The number of hydrogen-bond donors (Lipinski definition) is 1. The van der Waals surface area contributed by atoms with E-state index in [1.165, 1.54) is 6.08 Å². The predicted octanol–water partition coefficient (Wildman–Crippen LogP) is 0.579. The van der Waals surface area contributed by atoms with Crippen molar-refractivity contribution in [3.63, 3.8) is 0 Å². The summed E-state index contributed by atoms with van der Waals surface area (Å²) in [7, 11) is 0. The largest absolute Gasteiger partial charge is 0.481 e. The van der Waals surface area contributed by atoms with Gasteiger partial charge in [-0.1, -0.05) is 13.0 Å². The molecule has 2 atom stereocenters. The van der Waals surface area contributed by atoms with Gasteiger partial charge in [0.1, 0.15) is 6.10 Å². The highest BCUT2D eigenvalue weighted by Gasteiger charge is 2.25. The van der Waals surface area contributed by atoms with Crippen LogP contribution in [0.3, 0.4) is 0 Å². The fraction of sp³-hybridized carbons (Fsp3) is 0.500. The number of carboxylic acids is 1. The Balaban J connectivity index is 2.59. The maximum Gasteiger partial charge on any atom is 0.330 e. The van der Waals surface area contributed by atoms with E-state index in [2.05, 4.69) is 0 Å². The molecule has 0 aromatic carbocycles. The van der Waals surface area contributed by atoms with Crippen molar-refractivity contribution < 1.29 is 19.4 Å². The van der Waals surface area contributed by atoms with Crippen molar-refractivity contribution in [2.75, 3.05) is 0 Å². The van der Waals surface area contributed by atoms with Gasteiger partial charge in [-0.2, -0.15) is 0 Å². The molecule has 4 heteroatoms. The third kappa shape index (κ3) is 2.08. The Hall–Kier alpha value is -1.32. The molecule has 0 aromatic rings. The summed E-state index contributed by atoms with van der Waals surface area (Å²) in [6.07, 6.45) is 2.35. The lowest BCUT2D eigenvalue weighted by Crippen LogP contribution is -2.29. The molecule has 0 aromatic heterocycles. The van der Waals surface area contributed by atoms with Crippen LogP contribution >= 0.6 is 0 Å². The summed E-state index contributed by atoms with van der Waals surface area (Å²) < 4.78 is 4.80. The molecule has 0 amide bonds. The Kier molecular flexibility index (Phi) is 2.47. The van der Waals surface area contributed by atoms with Crippen LogP contribution in [-0.2, 0) is 14.3 Å². The molecule has 1 aliphatic heterocycles. The number of esters is 1. The highest BCUT2D eigenvalue weighted by Crippen LogP contribution is 2.17. The predicted molar refractivity (Wildman–Crippen MR) is 40.4 cm³/mol. The molecule has 0 saturated carbocycles. The van der Waals surface area contributed by atoms with Gasteiger partial charge in [0.2, 0.25) is 0 Å². The van der Waals surface area contributed by atoms with Gasteiger partial charge >= 0.3 is 11.9 Å².